The standard InChI is InChI=1S/C20H24N4O/c1-3-24(4-2)19-11-9-18(10-12-19)23-20(25)13-14-22-17-7-5-16(15-21)6-8-17/h5-12,22H,3-4,13-14H2,1-2H3,(H,23,25). The van der Waals surface area contributed by atoms with Gasteiger partial charge >= 0.3 is 0 Å². The zero-order valence-electron chi connectivity index (χ0n) is 14.7. The minimum absolute atomic E-state index is 0.0308. The fraction of sp³-hybridized carbons (Fsp3) is 0.300. The molecule has 0 aliphatic heterocycles. The van der Waals surface area contributed by atoms with E-state index in [0.29, 0.717) is 18.5 Å². The Bertz CT molecular complexity index is 713. The van der Waals surface area contributed by atoms with Crippen molar-refractivity contribution >= 4 is 23.0 Å². The first-order valence-electron chi connectivity index (χ1n) is 8.55. The summed E-state index contributed by atoms with van der Waals surface area (Å²) >= 11 is 0. The lowest BCUT2D eigenvalue weighted by Crippen LogP contribution is -2.21. The molecule has 2 aromatic rings. The molecule has 5 nitrogen and oxygen atoms in total. The van der Waals surface area contributed by atoms with Gasteiger partial charge in [-0.3, -0.25) is 4.79 Å². The van der Waals surface area contributed by atoms with Gasteiger partial charge in [0.25, 0.3) is 0 Å². The van der Waals surface area contributed by atoms with Gasteiger partial charge in [0.2, 0.25) is 5.91 Å². The van der Waals surface area contributed by atoms with Gasteiger partial charge in [-0.05, 0) is 62.4 Å². The van der Waals surface area contributed by atoms with Gasteiger partial charge in [0, 0.05) is 43.1 Å². The van der Waals surface area contributed by atoms with Gasteiger partial charge < -0.3 is 15.5 Å². The molecule has 0 fully saturated rings. The fourth-order valence-corrected chi connectivity index (χ4v) is 2.55. The molecule has 0 heterocycles. The van der Waals surface area contributed by atoms with Gasteiger partial charge in [0.15, 0.2) is 0 Å². The van der Waals surface area contributed by atoms with Crippen LogP contribution in [0.15, 0.2) is 48.5 Å². The lowest BCUT2D eigenvalue weighted by molar-refractivity contribution is -0.115. The van der Waals surface area contributed by atoms with E-state index in [1.165, 1.54) is 0 Å². The zero-order chi connectivity index (χ0) is 18.1. The summed E-state index contributed by atoms with van der Waals surface area (Å²) in [6.07, 6.45) is 0.373. The molecule has 5 heteroatoms. The van der Waals surface area contributed by atoms with Crippen LogP contribution in [-0.4, -0.2) is 25.5 Å². The Labute approximate surface area is 149 Å². The number of anilines is 3. The van der Waals surface area contributed by atoms with Crippen molar-refractivity contribution < 1.29 is 4.79 Å². The largest absolute Gasteiger partial charge is 0.385 e. The molecular formula is C20H24N4O. The van der Waals surface area contributed by atoms with Crippen LogP contribution >= 0.6 is 0 Å². The van der Waals surface area contributed by atoms with Crippen molar-refractivity contribution in [3.8, 4) is 6.07 Å². The molecule has 0 aliphatic rings. The van der Waals surface area contributed by atoms with E-state index in [2.05, 4.69) is 35.5 Å². The fourth-order valence-electron chi connectivity index (χ4n) is 2.55. The average molecular weight is 336 g/mol. The highest BCUT2D eigenvalue weighted by Crippen LogP contribution is 2.17. The Morgan fingerprint density at radius 1 is 1.00 bits per heavy atom. The molecule has 0 unspecified atom stereocenters. The maximum Gasteiger partial charge on any atom is 0.226 e. The van der Waals surface area contributed by atoms with Gasteiger partial charge in [-0.1, -0.05) is 0 Å². The SMILES string of the molecule is CCN(CC)c1ccc(NC(=O)CCNc2ccc(C#N)cc2)cc1. The summed E-state index contributed by atoms with van der Waals surface area (Å²) in [6, 6.07) is 17.2. The molecule has 2 N–H and O–H groups in total. The molecule has 0 saturated heterocycles. The van der Waals surface area contributed by atoms with Crippen LogP contribution in [0, 0.1) is 11.3 Å². The monoisotopic (exact) mass is 336 g/mol. The summed E-state index contributed by atoms with van der Waals surface area (Å²) in [5, 5.41) is 14.9. The van der Waals surface area contributed by atoms with Crippen LogP contribution in [0.4, 0.5) is 17.1 Å². The van der Waals surface area contributed by atoms with Crippen molar-refractivity contribution in [1.29, 1.82) is 5.26 Å². The summed E-state index contributed by atoms with van der Waals surface area (Å²) in [4.78, 5) is 14.3. The number of carbonyl (C=O) groups is 1. The molecule has 130 valence electrons. The average Bonchev–Trinajstić information content (AvgIpc) is 2.64. The van der Waals surface area contributed by atoms with Gasteiger partial charge in [-0.25, -0.2) is 0 Å². The quantitative estimate of drug-likeness (QED) is 0.768. The summed E-state index contributed by atoms with van der Waals surface area (Å²) in [5.74, 6) is -0.0308. The molecule has 25 heavy (non-hydrogen) atoms. The third-order valence-corrected chi connectivity index (χ3v) is 3.97. The van der Waals surface area contributed by atoms with Crippen LogP contribution in [0.3, 0.4) is 0 Å². The van der Waals surface area contributed by atoms with Crippen molar-refractivity contribution in [2.45, 2.75) is 20.3 Å². The second kappa shape index (κ2) is 9.33. The highest BCUT2D eigenvalue weighted by Gasteiger charge is 2.04. The van der Waals surface area contributed by atoms with Crippen molar-refractivity contribution in [2.75, 3.05) is 35.2 Å². The smallest absolute Gasteiger partial charge is 0.226 e. The number of nitrogens with one attached hydrogen (secondary N) is 2. The Morgan fingerprint density at radius 2 is 1.60 bits per heavy atom. The number of hydrogen-bond acceptors (Lipinski definition) is 4. The molecule has 0 bridgehead atoms. The summed E-state index contributed by atoms with van der Waals surface area (Å²) in [6.45, 7) is 6.71. The Hall–Kier alpha value is -3.00. The number of benzene rings is 2. The van der Waals surface area contributed by atoms with Crippen LogP contribution in [0.2, 0.25) is 0 Å². The minimum Gasteiger partial charge on any atom is -0.385 e. The van der Waals surface area contributed by atoms with Crippen LogP contribution in [0.25, 0.3) is 0 Å². The number of nitrogens with zero attached hydrogens (tertiary/aromatic N) is 2. The number of hydrogen-bond donors (Lipinski definition) is 2. The molecule has 0 saturated carbocycles. The van der Waals surface area contributed by atoms with Gasteiger partial charge in [-0.15, -0.1) is 0 Å². The molecule has 1 amide bonds. The van der Waals surface area contributed by atoms with Gasteiger partial charge in [0.1, 0.15) is 0 Å². The number of rotatable bonds is 8. The van der Waals surface area contributed by atoms with Crippen LogP contribution < -0.4 is 15.5 Å². The first kappa shape index (κ1) is 18.3. The van der Waals surface area contributed by atoms with Crippen molar-refractivity contribution in [3.63, 3.8) is 0 Å². The molecule has 2 rings (SSSR count). The second-order valence-electron chi connectivity index (χ2n) is 5.63. The topological polar surface area (TPSA) is 68.2 Å². The third kappa shape index (κ3) is 5.54. The first-order valence-corrected chi connectivity index (χ1v) is 8.55. The third-order valence-electron chi connectivity index (χ3n) is 3.97. The molecule has 0 aromatic heterocycles. The van der Waals surface area contributed by atoms with E-state index in [-0.39, 0.29) is 5.91 Å². The second-order valence-corrected chi connectivity index (χ2v) is 5.63. The molecule has 0 aliphatic carbocycles. The summed E-state index contributed by atoms with van der Waals surface area (Å²) < 4.78 is 0. The van der Waals surface area contributed by atoms with E-state index < -0.39 is 0 Å². The Morgan fingerprint density at radius 3 is 2.16 bits per heavy atom. The van der Waals surface area contributed by atoms with Crippen molar-refractivity contribution in [2.24, 2.45) is 0 Å². The highest BCUT2D eigenvalue weighted by molar-refractivity contribution is 5.91. The van der Waals surface area contributed by atoms with E-state index in [1.807, 2.05) is 36.4 Å². The Kier molecular flexibility index (Phi) is 6.85. The number of carbonyl (C=O) groups excluding carboxylic acids is 1. The zero-order valence-corrected chi connectivity index (χ0v) is 14.7. The van der Waals surface area contributed by atoms with Crippen molar-refractivity contribution in [3.05, 3.63) is 54.1 Å². The van der Waals surface area contributed by atoms with Crippen LogP contribution in [0.5, 0.6) is 0 Å². The molecule has 0 spiro atoms. The summed E-state index contributed by atoms with van der Waals surface area (Å²) in [5.41, 5.74) is 3.48. The maximum absolute atomic E-state index is 12.0. The van der Waals surface area contributed by atoms with Gasteiger partial charge in [-0.2, -0.15) is 5.26 Å². The number of nitriles is 1. The van der Waals surface area contributed by atoms with E-state index >= 15 is 0 Å². The minimum atomic E-state index is -0.0308. The van der Waals surface area contributed by atoms with Gasteiger partial charge in [0.05, 0.1) is 11.6 Å². The molecule has 0 atom stereocenters. The molecule has 0 radical (unpaired) electrons. The van der Waals surface area contributed by atoms with E-state index in [9.17, 15) is 4.79 Å². The van der Waals surface area contributed by atoms with E-state index in [0.717, 1.165) is 30.2 Å². The predicted octanol–water partition coefficient (Wildman–Crippen LogP) is 3.85. The lowest BCUT2D eigenvalue weighted by Gasteiger charge is -2.21. The first-order chi connectivity index (χ1) is 12.2. The Balaban J connectivity index is 1.78. The maximum atomic E-state index is 12.0. The molecule has 2 aromatic carbocycles. The van der Waals surface area contributed by atoms with E-state index in [4.69, 9.17) is 5.26 Å². The lowest BCUT2D eigenvalue weighted by atomic mass is 10.2. The predicted molar refractivity (Wildman–Crippen MR) is 103 cm³/mol. The number of amides is 1. The van der Waals surface area contributed by atoms with Crippen LogP contribution in [-0.2, 0) is 4.79 Å². The van der Waals surface area contributed by atoms with Crippen LogP contribution in [0.1, 0.15) is 25.8 Å². The highest BCUT2D eigenvalue weighted by atomic mass is 16.1. The molecular weight excluding hydrogens is 312 g/mol. The van der Waals surface area contributed by atoms with Crippen molar-refractivity contribution in [1.82, 2.24) is 0 Å². The summed E-state index contributed by atoms with van der Waals surface area (Å²) in [7, 11) is 0. The van der Waals surface area contributed by atoms with E-state index in [1.54, 1.807) is 12.1 Å². The normalized spacial score (nSPS) is 9.96.